The van der Waals surface area contributed by atoms with Crippen LogP contribution in [0.15, 0.2) is 72.9 Å². The van der Waals surface area contributed by atoms with Gasteiger partial charge in [-0.3, -0.25) is 4.79 Å². The Balaban J connectivity index is 1.42. The topological polar surface area (TPSA) is 307 Å². The number of hydrogen-bond donors (Lipinski definition) is 12. The summed E-state index contributed by atoms with van der Waals surface area (Å²) in [5, 5.41) is 121. The van der Waals surface area contributed by atoms with Crippen molar-refractivity contribution in [3.05, 3.63) is 72.9 Å². The second kappa shape index (κ2) is 55.1. The van der Waals surface area contributed by atoms with E-state index in [1.165, 1.54) is 135 Å². The Hall–Kier alpha value is -2.77. The van der Waals surface area contributed by atoms with Crippen molar-refractivity contribution in [2.24, 2.45) is 0 Å². The van der Waals surface area contributed by atoms with Crippen molar-refractivity contribution in [1.82, 2.24) is 5.32 Å². The maximum absolute atomic E-state index is 13.4. The largest absolute Gasteiger partial charge is 0.394 e. The molecule has 0 saturated carbocycles. The molecule has 0 aromatic heterocycles. The quantitative estimate of drug-likeness (QED) is 0.0199. The summed E-state index contributed by atoms with van der Waals surface area (Å²) >= 11 is 0. The van der Waals surface area contributed by atoms with E-state index >= 15 is 0 Å². The highest BCUT2D eigenvalue weighted by Gasteiger charge is 2.53. The number of aliphatic hydroxyl groups is 11. The number of nitrogens with one attached hydrogen (secondary N) is 1. The van der Waals surface area contributed by atoms with Crippen LogP contribution < -0.4 is 5.32 Å². The molecule has 3 rings (SSSR count). The zero-order valence-electron chi connectivity index (χ0n) is 57.2. The first-order valence-electron chi connectivity index (χ1n) is 36.7. The lowest BCUT2D eigenvalue weighted by Crippen LogP contribution is -2.66. The van der Waals surface area contributed by atoms with Crippen molar-refractivity contribution in [2.45, 2.75) is 362 Å². The molecule has 19 heteroatoms. The predicted octanol–water partition coefficient (Wildman–Crippen LogP) is 10.5. The van der Waals surface area contributed by atoms with Crippen molar-refractivity contribution in [3.8, 4) is 0 Å². The number of rotatable bonds is 56. The van der Waals surface area contributed by atoms with Crippen LogP contribution in [0.3, 0.4) is 0 Å². The summed E-state index contributed by atoms with van der Waals surface area (Å²) in [5.41, 5.74) is 0. The Labute approximate surface area is 559 Å². The Morgan fingerprint density at radius 3 is 1.20 bits per heavy atom. The van der Waals surface area contributed by atoms with Crippen LogP contribution in [0.25, 0.3) is 0 Å². The van der Waals surface area contributed by atoms with Crippen LogP contribution in [0, 0.1) is 0 Å². The lowest BCUT2D eigenvalue weighted by molar-refractivity contribution is -0.379. The molecule has 3 fully saturated rings. The van der Waals surface area contributed by atoms with E-state index in [4.69, 9.17) is 28.4 Å². The molecular weight excluding hydrogens is 1190 g/mol. The zero-order valence-corrected chi connectivity index (χ0v) is 57.2. The molecule has 3 heterocycles. The number of ether oxygens (including phenoxy) is 6. The number of carbonyl (C=O) groups excluding carboxylic acids is 1. The lowest BCUT2D eigenvalue weighted by atomic mass is 9.96. The normalized spacial score (nSPS) is 27.9. The Morgan fingerprint density at radius 1 is 0.398 bits per heavy atom. The van der Waals surface area contributed by atoms with Gasteiger partial charge in [0, 0.05) is 6.42 Å². The Kier molecular flexibility index (Phi) is 50.1. The van der Waals surface area contributed by atoms with Gasteiger partial charge in [-0.05, 0) is 77.0 Å². The van der Waals surface area contributed by atoms with E-state index in [2.05, 4.69) is 79.9 Å². The standard InChI is InChI=1S/C74H131NO18/c1-3-5-7-9-11-13-15-17-19-21-22-23-24-25-26-27-28-29-30-31-32-33-34-36-37-39-41-43-45-47-49-51-58(79)57(75-62(80)52-50-48-46-44-42-40-38-35-20-18-16-14-12-10-8-6-4-2)56-88-72-68(86)65(83)70(60(54-77)90-72)93-74-69(87)66(84)71(61(55-78)91-74)92-73-67(85)64(82)63(81)59(53-76)89-73/h6,8,12,14,18,20,34,36,41,43,49,51,57-61,63-74,76-79,81-87H,3-5,7,9-11,13,15-17,19,21-33,35,37-40,42,44-48,50,52-56H2,1-2H3,(H,75,80)/b8-6-,14-12-,20-18-,36-34+,43-41+,51-49+. The van der Waals surface area contributed by atoms with E-state index in [1.54, 1.807) is 6.08 Å². The van der Waals surface area contributed by atoms with Gasteiger partial charge in [0.15, 0.2) is 18.9 Å². The number of aliphatic hydroxyl groups excluding tert-OH is 11. The molecule has 3 saturated heterocycles. The molecular formula is C74H131NO18. The van der Waals surface area contributed by atoms with Crippen LogP contribution in [0.5, 0.6) is 0 Å². The minimum absolute atomic E-state index is 0.217. The van der Waals surface area contributed by atoms with Crippen LogP contribution >= 0.6 is 0 Å². The lowest BCUT2D eigenvalue weighted by Gasteiger charge is -2.48. The fraction of sp³-hybridized carbons (Fsp3) is 0.824. The van der Waals surface area contributed by atoms with E-state index in [0.717, 1.165) is 89.9 Å². The molecule has 0 radical (unpaired) electrons. The summed E-state index contributed by atoms with van der Waals surface area (Å²) in [4.78, 5) is 13.4. The minimum atomic E-state index is -1.99. The number of carbonyl (C=O) groups is 1. The molecule has 17 unspecified atom stereocenters. The van der Waals surface area contributed by atoms with Gasteiger partial charge in [-0.15, -0.1) is 0 Å². The third-order valence-electron chi connectivity index (χ3n) is 18.0. The molecule has 0 aliphatic carbocycles. The van der Waals surface area contributed by atoms with Gasteiger partial charge in [0.2, 0.25) is 5.91 Å². The Bertz CT molecular complexity index is 1970. The van der Waals surface area contributed by atoms with E-state index in [9.17, 15) is 61.0 Å². The van der Waals surface area contributed by atoms with Gasteiger partial charge in [-0.2, -0.15) is 0 Å². The first kappa shape index (κ1) is 84.5. The monoisotopic (exact) mass is 1320 g/mol. The highest BCUT2D eigenvalue weighted by Crippen LogP contribution is 2.33. The second-order valence-corrected chi connectivity index (χ2v) is 26.0. The molecule has 1 amide bonds. The zero-order chi connectivity index (χ0) is 67.5. The third-order valence-corrected chi connectivity index (χ3v) is 18.0. The molecule has 540 valence electrons. The predicted molar refractivity (Wildman–Crippen MR) is 365 cm³/mol. The highest BCUT2D eigenvalue weighted by atomic mass is 16.8. The van der Waals surface area contributed by atoms with Crippen molar-refractivity contribution in [2.75, 3.05) is 26.4 Å². The van der Waals surface area contributed by atoms with Crippen LogP contribution in [-0.4, -0.2) is 193 Å². The van der Waals surface area contributed by atoms with Crippen molar-refractivity contribution in [3.63, 3.8) is 0 Å². The van der Waals surface area contributed by atoms with Gasteiger partial charge in [0.25, 0.3) is 0 Å². The maximum Gasteiger partial charge on any atom is 0.220 e. The first-order chi connectivity index (χ1) is 45.3. The van der Waals surface area contributed by atoms with E-state index in [-0.39, 0.29) is 18.9 Å². The van der Waals surface area contributed by atoms with Crippen molar-refractivity contribution < 1.29 is 89.4 Å². The second-order valence-electron chi connectivity index (χ2n) is 26.0. The van der Waals surface area contributed by atoms with Crippen LogP contribution in [-0.2, 0) is 33.2 Å². The molecule has 17 atom stereocenters. The minimum Gasteiger partial charge on any atom is -0.394 e. The maximum atomic E-state index is 13.4. The fourth-order valence-electron chi connectivity index (χ4n) is 12.1. The first-order valence-corrected chi connectivity index (χ1v) is 36.7. The molecule has 0 bridgehead atoms. The molecule has 0 spiro atoms. The molecule has 3 aliphatic heterocycles. The molecule has 12 N–H and O–H groups in total. The Morgan fingerprint density at radius 2 is 0.753 bits per heavy atom. The van der Waals surface area contributed by atoms with Crippen molar-refractivity contribution >= 4 is 5.91 Å². The summed E-state index contributed by atoms with van der Waals surface area (Å²) in [7, 11) is 0. The number of hydrogen-bond acceptors (Lipinski definition) is 18. The smallest absolute Gasteiger partial charge is 0.220 e. The molecule has 93 heavy (non-hydrogen) atoms. The molecule has 0 aromatic carbocycles. The number of amides is 1. The highest BCUT2D eigenvalue weighted by molar-refractivity contribution is 5.76. The summed E-state index contributed by atoms with van der Waals surface area (Å²) < 4.78 is 34.3. The van der Waals surface area contributed by atoms with E-state index < -0.39 is 124 Å². The van der Waals surface area contributed by atoms with Crippen LogP contribution in [0.2, 0.25) is 0 Å². The van der Waals surface area contributed by atoms with Crippen LogP contribution in [0.4, 0.5) is 0 Å². The van der Waals surface area contributed by atoms with Gasteiger partial charge in [-0.1, -0.05) is 247 Å². The average Bonchev–Trinajstić information content (AvgIpc) is 0.815. The summed E-state index contributed by atoms with van der Waals surface area (Å²) in [6.45, 7) is 1.60. The summed E-state index contributed by atoms with van der Waals surface area (Å²) in [6, 6.07) is -1.01. The molecule has 0 aromatic rings. The fourth-order valence-corrected chi connectivity index (χ4v) is 12.1. The van der Waals surface area contributed by atoms with E-state index in [1.807, 2.05) is 6.08 Å². The van der Waals surface area contributed by atoms with Gasteiger partial charge in [0.05, 0.1) is 38.6 Å². The number of unbranched alkanes of at least 4 members (excludes halogenated alkanes) is 30. The van der Waals surface area contributed by atoms with Gasteiger partial charge in [-0.25, -0.2) is 0 Å². The molecule has 19 nitrogen and oxygen atoms in total. The number of allylic oxidation sites excluding steroid dienone is 11. The molecule has 3 aliphatic rings. The summed E-state index contributed by atoms with van der Waals surface area (Å²) in [6.07, 6.45) is 43.3. The van der Waals surface area contributed by atoms with E-state index in [0.29, 0.717) is 12.8 Å². The third kappa shape index (κ3) is 36.6. The van der Waals surface area contributed by atoms with Crippen LogP contribution in [0.1, 0.15) is 258 Å². The average molecular weight is 1320 g/mol. The van der Waals surface area contributed by atoms with Gasteiger partial charge >= 0.3 is 0 Å². The van der Waals surface area contributed by atoms with Crippen molar-refractivity contribution in [1.29, 1.82) is 0 Å². The van der Waals surface area contributed by atoms with Gasteiger partial charge < -0.3 is 89.9 Å². The summed E-state index contributed by atoms with van der Waals surface area (Å²) in [5.74, 6) is -0.301. The SMILES string of the molecule is CC/C=C\C/C=C\C/C=C\CCCCCCCCCC(=O)NC(COC1OC(CO)C(OC2OC(CO)C(OC3OC(CO)C(O)C(O)C3O)C(O)C2O)C(O)C1O)C(O)/C=C/CC/C=C/CC/C=C/CCCCCCCCCCCCCCCCCCCCCCC. The van der Waals surface area contributed by atoms with Gasteiger partial charge in [0.1, 0.15) is 73.2 Å².